The number of aromatic amines is 1. The van der Waals surface area contributed by atoms with E-state index >= 15 is 0 Å². The number of nitrogens with zero attached hydrogens (tertiary/aromatic N) is 1. The number of H-pyrrole nitrogens is 1. The normalized spacial score (nSPS) is 15.3. The van der Waals surface area contributed by atoms with E-state index in [1.807, 2.05) is 54.6 Å². The number of carbonyl (C=O) groups excluding carboxylic acids is 2. The number of halogens is 1. The third-order valence-electron chi connectivity index (χ3n) is 6.49. The summed E-state index contributed by atoms with van der Waals surface area (Å²) in [7, 11) is 0. The molecule has 0 saturated heterocycles. The Morgan fingerprint density at radius 3 is 2.54 bits per heavy atom. The zero-order valence-corrected chi connectivity index (χ0v) is 20.1. The van der Waals surface area contributed by atoms with Crippen molar-refractivity contribution in [3.05, 3.63) is 108 Å². The topological polar surface area (TPSA) is 100 Å². The number of allylic oxidation sites excluding steroid dienone is 1. The van der Waals surface area contributed by atoms with Crippen molar-refractivity contribution >= 4 is 22.9 Å². The Bertz CT molecular complexity index is 1450. The maximum absolute atomic E-state index is 13.3. The van der Waals surface area contributed by atoms with Gasteiger partial charge in [-0.25, -0.2) is 9.18 Å². The van der Waals surface area contributed by atoms with Crippen LogP contribution in [0, 0.1) is 5.82 Å². The molecule has 5 rings (SSSR count). The van der Waals surface area contributed by atoms with E-state index in [0.29, 0.717) is 37.4 Å². The van der Waals surface area contributed by atoms with Crippen molar-refractivity contribution in [3.8, 4) is 11.1 Å². The van der Waals surface area contributed by atoms with E-state index in [1.165, 1.54) is 12.1 Å². The largest absolute Gasteiger partial charge is 0.413 e. The molecule has 1 aliphatic heterocycles. The summed E-state index contributed by atoms with van der Waals surface area (Å²) in [6.07, 6.45) is 2.21. The highest BCUT2D eigenvalue weighted by Gasteiger charge is 2.24. The number of carbonyl (C=O) groups is 2. The molecule has 3 aromatic carbocycles. The summed E-state index contributed by atoms with van der Waals surface area (Å²) in [6, 6.07) is 23.9. The zero-order valence-electron chi connectivity index (χ0n) is 20.1. The number of hydrogen-bond donors (Lipinski definition) is 3. The molecule has 0 saturated carbocycles. The smallest absolute Gasteiger partial charge is 0.409 e. The van der Waals surface area contributed by atoms with E-state index in [9.17, 15) is 14.0 Å². The van der Waals surface area contributed by atoms with E-state index < -0.39 is 6.09 Å². The van der Waals surface area contributed by atoms with Gasteiger partial charge in [-0.05, 0) is 47.4 Å². The molecule has 0 fully saturated rings. The van der Waals surface area contributed by atoms with Crippen LogP contribution in [0.4, 0.5) is 9.18 Å². The number of benzene rings is 3. The number of amides is 2. The lowest BCUT2D eigenvalue weighted by molar-refractivity contribution is 0.0930. The van der Waals surface area contributed by atoms with E-state index in [0.717, 1.165) is 27.6 Å². The van der Waals surface area contributed by atoms with Crippen LogP contribution in [0.5, 0.6) is 0 Å². The third-order valence-corrected chi connectivity index (χ3v) is 6.49. The highest BCUT2D eigenvalue weighted by atomic mass is 19.1. The van der Waals surface area contributed by atoms with Gasteiger partial charge in [0.15, 0.2) is 0 Å². The third kappa shape index (κ3) is 5.81. The molecule has 188 valence electrons. The molecular weight excluding hydrogens is 471 g/mol. The molecule has 0 spiro atoms. The van der Waals surface area contributed by atoms with Crippen LogP contribution in [0.2, 0.25) is 0 Å². The summed E-state index contributed by atoms with van der Waals surface area (Å²) in [5.41, 5.74) is 9.42. The molecule has 1 aliphatic rings. The Morgan fingerprint density at radius 1 is 1.03 bits per heavy atom. The summed E-state index contributed by atoms with van der Waals surface area (Å²) in [4.78, 5) is 29.5. The zero-order chi connectivity index (χ0) is 25.8. The van der Waals surface area contributed by atoms with Gasteiger partial charge >= 0.3 is 6.09 Å². The van der Waals surface area contributed by atoms with Gasteiger partial charge in [-0.3, -0.25) is 4.79 Å². The van der Waals surface area contributed by atoms with Crippen molar-refractivity contribution in [2.45, 2.75) is 25.4 Å². The minimum atomic E-state index is -0.834. The summed E-state index contributed by atoms with van der Waals surface area (Å²) in [6.45, 7) is 1.02. The van der Waals surface area contributed by atoms with Crippen molar-refractivity contribution in [2.75, 3.05) is 6.54 Å². The SMILES string of the molecule is NC(=O)OC1=CN(Cc2ccccc2)C(CNC(=O)c2cc3ccc(-c4ccc(F)cc4)cc3[nH]2)CC1. The summed E-state index contributed by atoms with van der Waals surface area (Å²) in [5, 5.41) is 3.95. The predicted molar refractivity (Wildman–Crippen MR) is 140 cm³/mol. The molecule has 1 aromatic heterocycles. The first-order valence-electron chi connectivity index (χ1n) is 12.1. The van der Waals surface area contributed by atoms with Crippen LogP contribution in [-0.4, -0.2) is 34.5 Å². The van der Waals surface area contributed by atoms with Crippen LogP contribution in [0.15, 0.2) is 90.8 Å². The second-order valence-corrected chi connectivity index (χ2v) is 9.07. The van der Waals surface area contributed by atoms with Crippen LogP contribution >= 0.6 is 0 Å². The van der Waals surface area contributed by atoms with Gasteiger partial charge in [0.2, 0.25) is 0 Å². The number of rotatable bonds is 7. The molecule has 0 bridgehead atoms. The first-order valence-corrected chi connectivity index (χ1v) is 12.1. The van der Waals surface area contributed by atoms with Crippen LogP contribution in [0.1, 0.15) is 28.9 Å². The van der Waals surface area contributed by atoms with Gasteiger partial charge < -0.3 is 25.7 Å². The van der Waals surface area contributed by atoms with Gasteiger partial charge in [-0.15, -0.1) is 0 Å². The standard InChI is InChI=1S/C29H27FN4O3/c30-23-10-8-20(9-11-23)21-6-7-22-15-27(33-26(22)14-21)28(35)32-16-24-12-13-25(37-29(31)36)18-34(24)17-19-4-2-1-3-5-19/h1-11,14-15,18,24,33H,12-13,16-17H2,(H2,31,36)(H,32,35). The van der Waals surface area contributed by atoms with Crippen LogP contribution in [0.3, 0.4) is 0 Å². The first kappa shape index (κ1) is 24.1. The van der Waals surface area contributed by atoms with Crippen molar-refractivity contribution in [2.24, 2.45) is 5.73 Å². The first-order chi connectivity index (χ1) is 17.9. The Balaban J connectivity index is 1.28. The molecule has 2 amide bonds. The highest BCUT2D eigenvalue weighted by molar-refractivity contribution is 5.98. The van der Waals surface area contributed by atoms with Crippen molar-refractivity contribution in [3.63, 3.8) is 0 Å². The fourth-order valence-electron chi connectivity index (χ4n) is 4.60. The Labute approximate surface area is 213 Å². The maximum atomic E-state index is 13.3. The molecule has 8 heteroatoms. The molecule has 37 heavy (non-hydrogen) atoms. The number of nitrogens with one attached hydrogen (secondary N) is 2. The molecule has 7 nitrogen and oxygen atoms in total. The fourth-order valence-corrected chi connectivity index (χ4v) is 4.60. The molecule has 4 N–H and O–H groups in total. The minimum Gasteiger partial charge on any atom is -0.413 e. The maximum Gasteiger partial charge on any atom is 0.409 e. The van der Waals surface area contributed by atoms with E-state index in [-0.39, 0.29) is 17.8 Å². The van der Waals surface area contributed by atoms with Crippen molar-refractivity contribution < 1.29 is 18.7 Å². The van der Waals surface area contributed by atoms with E-state index in [1.54, 1.807) is 18.3 Å². The van der Waals surface area contributed by atoms with Crippen LogP contribution < -0.4 is 11.1 Å². The summed E-state index contributed by atoms with van der Waals surface area (Å²) < 4.78 is 18.4. The Morgan fingerprint density at radius 2 is 1.78 bits per heavy atom. The van der Waals surface area contributed by atoms with E-state index in [2.05, 4.69) is 15.2 Å². The lowest BCUT2D eigenvalue weighted by atomic mass is 10.0. The number of fused-ring (bicyclic) bond motifs is 1. The van der Waals surface area contributed by atoms with Crippen molar-refractivity contribution in [1.29, 1.82) is 0 Å². The molecule has 1 atom stereocenters. The molecule has 0 aliphatic carbocycles. The lowest BCUT2D eigenvalue weighted by Gasteiger charge is -2.35. The number of ether oxygens (including phenoxy) is 1. The molecule has 2 heterocycles. The van der Waals surface area contributed by atoms with E-state index in [4.69, 9.17) is 10.5 Å². The van der Waals surface area contributed by atoms with Gasteiger partial charge in [0.05, 0.1) is 0 Å². The highest BCUT2D eigenvalue weighted by Crippen LogP contribution is 2.26. The fraction of sp³-hybridized carbons (Fsp3) is 0.172. The predicted octanol–water partition coefficient (Wildman–Crippen LogP) is 5.31. The summed E-state index contributed by atoms with van der Waals surface area (Å²) >= 11 is 0. The Hall–Kier alpha value is -4.59. The average Bonchev–Trinajstić information content (AvgIpc) is 3.32. The summed E-state index contributed by atoms with van der Waals surface area (Å²) in [5.74, 6) is 0.0250. The van der Waals surface area contributed by atoms with Gasteiger partial charge in [0, 0.05) is 42.7 Å². The number of primary amides is 1. The average molecular weight is 499 g/mol. The van der Waals surface area contributed by atoms with Gasteiger partial charge in [0.25, 0.3) is 5.91 Å². The van der Waals surface area contributed by atoms with Gasteiger partial charge in [0.1, 0.15) is 17.3 Å². The molecule has 1 unspecified atom stereocenters. The minimum absolute atomic E-state index is 0.0128. The van der Waals surface area contributed by atoms with Gasteiger partial charge in [-0.1, -0.05) is 54.6 Å². The number of hydrogen-bond acceptors (Lipinski definition) is 4. The second-order valence-electron chi connectivity index (χ2n) is 9.07. The number of aromatic nitrogens is 1. The Kier molecular flexibility index (Phi) is 6.89. The van der Waals surface area contributed by atoms with Crippen LogP contribution in [-0.2, 0) is 11.3 Å². The monoisotopic (exact) mass is 498 g/mol. The van der Waals surface area contributed by atoms with Crippen LogP contribution in [0.25, 0.3) is 22.0 Å². The molecule has 4 aromatic rings. The quantitative estimate of drug-likeness (QED) is 0.322. The number of nitrogens with two attached hydrogens (primary N) is 1. The second kappa shape index (κ2) is 10.6. The molecular formula is C29H27FN4O3. The van der Waals surface area contributed by atoms with Crippen molar-refractivity contribution in [1.82, 2.24) is 15.2 Å². The lowest BCUT2D eigenvalue weighted by Crippen LogP contribution is -2.43. The van der Waals surface area contributed by atoms with Gasteiger partial charge in [-0.2, -0.15) is 0 Å². The molecule has 0 radical (unpaired) electrons.